The molecule has 2 aromatic carbocycles. The molecule has 0 saturated heterocycles. The van der Waals surface area contributed by atoms with Crippen LogP contribution in [0.4, 0.5) is 4.79 Å². The Labute approximate surface area is 239 Å². The van der Waals surface area contributed by atoms with E-state index < -0.39 is 54.6 Å². The summed E-state index contributed by atoms with van der Waals surface area (Å²) in [6, 6.07) is 16.8. The Morgan fingerprint density at radius 1 is 0.854 bits per heavy atom. The molecule has 0 aliphatic rings. The molecule has 12 heteroatoms. The van der Waals surface area contributed by atoms with E-state index >= 15 is 0 Å². The van der Waals surface area contributed by atoms with Crippen molar-refractivity contribution in [3.8, 4) is 0 Å². The minimum absolute atomic E-state index is 0.0464. The topological polar surface area (TPSA) is 154 Å². The summed E-state index contributed by atoms with van der Waals surface area (Å²) in [5.41, 5.74) is 1.39. The number of likely N-dealkylation sites (N-methyl/N-ethyl adjacent to an activating group) is 1. The zero-order valence-electron chi connectivity index (χ0n) is 23.7. The van der Waals surface area contributed by atoms with Gasteiger partial charge in [-0.1, -0.05) is 67.6 Å². The zero-order chi connectivity index (χ0) is 30.4. The van der Waals surface area contributed by atoms with Crippen molar-refractivity contribution in [2.45, 2.75) is 26.5 Å². The van der Waals surface area contributed by atoms with Gasteiger partial charge in [0.15, 0.2) is 0 Å². The fourth-order valence-corrected chi connectivity index (χ4v) is 3.64. The summed E-state index contributed by atoms with van der Waals surface area (Å²) in [7, 11) is 3.11. The van der Waals surface area contributed by atoms with E-state index in [1.807, 2.05) is 30.3 Å². The summed E-state index contributed by atoms with van der Waals surface area (Å²) >= 11 is 0. The van der Waals surface area contributed by atoms with Gasteiger partial charge in [0, 0.05) is 27.2 Å². The Balaban J connectivity index is 1.78. The van der Waals surface area contributed by atoms with Gasteiger partial charge >= 0.3 is 6.09 Å². The van der Waals surface area contributed by atoms with E-state index in [2.05, 4.69) is 16.0 Å². The lowest BCUT2D eigenvalue weighted by atomic mass is 10.1. The van der Waals surface area contributed by atoms with E-state index in [4.69, 9.17) is 4.74 Å². The number of hydrogen-bond acceptors (Lipinski definition) is 7. The molecule has 2 aromatic rings. The molecule has 220 valence electrons. The molecular weight excluding hydrogens is 530 g/mol. The lowest BCUT2D eigenvalue weighted by molar-refractivity contribution is -0.139. The molecule has 0 aliphatic heterocycles. The van der Waals surface area contributed by atoms with Gasteiger partial charge in [-0.2, -0.15) is 0 Å². The second-order valence-electron chi connectivity index (χ2n) is 9.45. The average molecular weight is 568 g/mol. The molecule has 0 unspecified atom stereocenters. The molecule has 0 spiro atoms. The van der Waals surface area contributed by atoms with Crippen LogP contribution in [-0.4, -0.2) is 85.6 Å². The first-order valence-electron chi connectivity index (χ1n) is 13.1. The van der Waals surface area contributed by atoms with Crippen LogP contribution < -0.4 is 16.0 Å². The normalized spacial score (nSPS) is 11.8. The van der Waals surface area contributed by atoms with Gasteiger partial charge in [0.25, 0.3) is 5.91 Å². The predicted octanol–water partition coefficient (Wildman–Crippen LogP) is 1.03. The highest BCUT2D eigenvalue weighted by atomic mass is 16.6. The van der Waals surface area contributed by atoms with Gasteiger partial charge in [-0.3, -0.25) is 24.0 Å². The van der Waals surface area contributed by atoms with E-state index in [9.17, 15) is 28.8 Å². The Morgan fingerprint density at radius 2 is 1.46 bits per heavy atom. The van der Waals surface area contributed by atoms with Gasteiger partial charge in [-0.05, 0) is 18.1 Å². The summed E-state index contributed by atoms with van der Waals surface area (Å²) in [5, 5.41) is 7.13. The maximum Gasteiger partial charge on any atom is 0.410 e. The number of Topliss-reactive ketones (excluding diaryl/α,β-unsaturated/α-hetero) is 1. The molecule has 2 atom stereocenters. The molecule has 0 aromatic heterocycles. The Bertz CT molecular complexity index is 1200. The van der Waals surface area contributed by atoms with Crippen LogP contribution in [0.2, 0.25) is 0 Å². The molecular formula is C29H37N5O7. The summed E-state index contributed by atoms with van der Waals surface area (Å²) < 4.78 is 5.31. The fourth-order valence-electron chi connectivity index (χ4n) is 3.64. The van der Waals surface area contributed by atoms with Crippen molar-refractivity contribution in [2.24, 2.45) is 5.92 Å². The van der Waals surface area contributed by atoms with Crippen molar-refractivity contribution in [3.63, 3.8) is 0 Å². The van der Waals surface area contributed by atoms with E-state index in [0.29, 0.717) is 12.1 Å². The highest BCUT2D eigenvalue weighted by Crippen LogP contribution is 2.14. The largest absolute Gasteiger partial charge is 0.445 e. The molecule has 41 heavy (non-hydrogen) atoms. The number of ketones is 1. The Hall–Kier alpha value is -4.74. The van der Waals surface area contributed by atoms with Gasteiger partial charge in [0.05, 0.1) is 19.0 Å². The number of carbonyl (C=O) groups excluding carboxylic acids is 6. The zero-order valence-corrected chi connectivity index (χ0v) is 23.7. The molecule has 2 rings (SSSR count). The van der Waals surface area contributed by atoms with Crippen LogP contribution in [-0.2, 0) is 35.3 Å². The summed E-state index contributed by atoms with van der Waals surface area (Å²) in [4.78, 5) is 77.0. The number of rotatable bonds is 14. The monoisotopic (exact) mass is 567 g/mol. The maximum atomic E-state index is 12.5. The van der Waals surface area contributed by atoms with Gasteiger partial charge in [-0.15, -0.1) is 0 Å². The van der Waals surface area contributed by atoms with Crippen molar-refractivity contribution in [1.29, 1.82) is 0 Å². The molecule has 0 heterocycles. The van der Waals surface area contributed by atoms with Crippen LogP contribution in [0.25, 0.3) is 0 Å². The van der Waals surface area contributed by atoms with Crippen molar-refractivity contribution < 1.29 is 33.5 Å². The summed E-state index contributed by atoms with van der Waals surface area (Å²) in [5.74, 6) is -4.29. The smallest absolute Gasteiger partial charge is 0.410 e. The van der Waals surface area contributed by atoms with Gasteiger partial charge in [0.1, 0.15) is 12.6 Å². The molecule has 0 saturated carbocycles. The number of hydrogen-bond donors (Lipinski definition) is 3. The Morgan fingerprint density at radius 3 is 2.05 bits per heavy atom. The lowest BCUT2D eigenvalue weighted by Crippen LogP contribution is -2.47. The molecule has 0 fully saturated rings. The van der Waals surface area contributed by atoms with Gasteiger partial charge in [0.2, 0.25) is 23.5 Å². The predicted molar refractivity (Wildman–Crippen MR) is 150 cm³/mol. The summed E-state index contributed by atoms with van der Waals surface area (Å²) in [6.45, 7) is 2.64. The first-order chi connectivity index (χ1) is 19.5. The summed E-state index contributed by atoms with van der Waals surface area (Å²) in [6.07, 6.45) is -0.577. The van der Waals surface area contributed by atoms with E-state index in [1.54, 1.807) is 58.3 Å². The fraction of sp³-hybridized carbons (Fsp3) is 0.379. The van der Waals surface area contributed by atoms with Crippen LogP contribution in [0.3, 0.4) is 0 Å². The third kappa shape index (κ3) is 10.7. The number of ether oxygens (including phenoxy) is 1. The number of amides is 5. The van der Waals surface area contributed by atoms with Crippen molar-refractivity contribution in [2.75, 3.05) is 40.3 Å². The highest BCUT2D eigenvalue weighted by molar-refractivity contribution is 6.37. The number of benzene rings is 2. The van der Waals surface area contributed by atoms with E-state index in [-0.39, 0.29) is 19.1 Å². The molecule has 3 N–H and O–H groups in total. The minimum atomic E-state index is -1.07. The van der Waals surface area contributed by atoms with Gasteiger partial charge < -0.3 is 30.5 Å². The second kappa shape index (κ2) is 16.4. The highest BCUT2D eigenvalue weighted by Gasteiger charge is 2.25. The van der Waals surface area contributed by atoms with Crippen molar-refractivity contribution in [1.82, 2.24) is 25.8 Å². The van der Waals surface area contributed by atoms with Crippen LogP contribution in [0.5, 0.6) is 0 Å². The first kappa shape index (κ1) is 32.5. The van der Waals surface area contributed by atoms with Crippen molar-refractivity contribution >= 4 is 35.5 Å². The Kier molecular flexibility index (Phi) is 13.0. The van der Waals surface area contributed by atoms with Crippen LogP contribution in [0.1, 0.15) is 31.0 Å². The van der Waals surface area contributed by atoms with Crippen LogP contribution in [0.15, 0.2) is 60.7 Å². The quantitative estimate of drug-likeness (QED) is 0.288. The standard InChI is InChI=1S/C29H37N5O7/c1-5-34(29(40)41-19-21-12-8-6-9-13-21)18-20(2)26(37)30-16-23(35)27(38)31-17-24(36)32-25(28(39)33(3)4)22-14-10-7-11-15-22/h6-15,20,25H,5,16-19H2,1-4H3,(H,30,37)(H,31,38)(H,32,36)/t20-,25-/m0/s1. The number of nitrogens with one attached hydrogen (secondary N) is 3. The molecule has 0 bridgehead atoms. The maximum absolute atomic E-state index is 12.5. The third-order valence-corrected chi connectivity index (χ3v) is 6.00. The number of nitrogens with zero attached hydrogens (tertiary/aromatic N) is 2. The van der Waals surface area contributed by atoms with E-state index in [1.165, 1.54) is 9.80 Å². The molecule has 0 aliphatic carbocycles. The molecule has 0 radical (unpaired) electrons. The molecule has 12 nitrogen and oxygen atoms in total. The average Bonchev–Trinajstić information content (AvgIpc) is 2.98. The van der Waals surface area contributed by atoms with Crippen LogP contribution >= 0.6 is 0 Å². The minimum Gasteiger partial charge on any atom is -0.445 e. The lowest BCUT2D eigenvalue weighted by Gasteiger charge is -2.23. The third-order valence-electron chi connectivity index (χ3n) is 6.00. The van der Waals surface area contributed by atoms with Gasteiger partial charge in [-0.25, -0.2) is 4.79 Å². The van der Waals surface area contributed by atoms with Crippen molar-refractivity contribution in [3.05, 3.63) is 71.8 Å². The SMILES string of the molecule is CCN(C[C@H](C)C(=O)NCC(=O)C(=O)NCC(=O)N[C@H](C(=O)N(C)C)c1ccccc1)C(=O)OCc1ccccc1. The molecule has 5 amide bonds. The number of carbonyl (C=O) groups is 6. The second-order valence-corrected chi connectivity index (χ2v) is 9.45. The van der Waals surface area contributed by atoms with E-state index in [0.717, 1.165) is 5.56 Å². The first-order valence-corrected chi connectivity index (χ1v) is 13.1. The van der Waals surface area contributed by atoms with Crippen LogP contribution in [0, 0.1) is 5.92 Å².